The number of thiazole rings is 1. The molecule has 2 aromatic carbocycles. The zero-order valence-corrected chi connectivity index (χ0v) is 13.1. The van der Waals surface area contributed by atoms with Crippen LogP contribution in [-0.4, -0.2) is 24.3 Å². The van der Waals surface area contributed by atoms with E-state index in [4.69, 9.17) is 9.47 Å². The Bertz CT molecular complexity index is 781. The van der Waals surface area contributed by atoms with Gasteiger partial charge in [0.15, 0.2) is 11.5 Å². The molecule has 3 rings (SSSR count). The van der Waals surface area contributed by atoms with Crippen LogP contribution in [0.2, 0.25) is 0 Å². The smallest absolute Gasteiger partial charge is 0.161 e. The van der Waals surface area contributed by atoms with Crippen molar-refractivity contribution >= 4 is 11.3 Å². The molecule has 1 N–H and O–H groups in total. The first kappa shape index (κ1) is 14.4. The maximum absolute atomic E-state index is 9.35. The molecule has 0 aliphatic carbocycles. The normalized spacial score (nSPS) is 10.5. The van der Waals surface area contributed by atoms with Crippen LogP contribution >= 0.6 is 11.3 Å². The van der Waals surface area contributed by atoms with Crippen LogP contribution in [0.3, 0.4) is 0 Å². The Kier molecular flexibility index (Phi) is 3.98. The van der Waals surface area contributed by atoms with E-state index >= 15 is 0 Å². The molecule has 0 fully saturated rings. The minimum Gasteiger partial charge on any atom is -0.508 e. The zero-order valence-electron chi connectivity index (χ0n) is 12.2. The molecule has 0 amide bonds. The number of benzene rings is 2. The van der Waals surface area contributed by atoms with Gasteiger partial charge in [0, 0.05) is 16.5 Å². The SMILES string of the molecule is COc1ccc(-c2csc(-c3ccc(O)cc3)n2)cc1OC. The van der Waals surface area contributed by atoms with Crippen LogP contribution in [0.5, 0.6) is 17.2 Å². The van der Waals surface area contributed by atoms with Crippen LogP contribution in [0.15, 0.2) is 47.8 Å². The van der Waals surface area contributed by atoms with Crippen LogP contribution in [0.25, 0.3) is 21.8 Å². The second-order valence-corrected chi connectivity index (χ2v) is 5.51. The number of hydrogen-bond acceptors (Lipinski definition) is 5. The summed E-state index contributed by atoms with van der Waals surface area (Å²) in [5, 5.41) is 12.3. The third-order valence-electron chi connectivity index (χ3n) is 3.30. The molecular weight excluding hydrogens is 298 g/mol. The first-order valence-corrected chi connectivity index (χ1v) is 7.56. The average Bonchev–Trinajstić information content (AvgIpc) is 3.05. The third kappa shape index (κ3) is 2.76. The van der Waals surface area contributed by atoms with Crippen molar-refractivity contribution in [2.24, 2.45) is 0 Å². The van der Waals surface area contributed by atoms with Gasteiger partial charge in [0.2, 0.25) is 0 Å². The van der Waals surface area contributed by atoms with E-state index in [1.165, 1.54) is 0 Å². The lowest BCUT2D eigenvalue weighted by Gasteiger charge is -2.08. The third-order valence-corrected chi connectivity index (χ3v) is 4.19. The summed E-state index contributed by atoms with van der Waals surface area (Å²) >= 11 is 1.56. The van der Waals surface area contributed by atoms with Crippen molar-refractivity contribution in [3.63, 3.8) is 0 Å². The van der Waals surface area contributed by atoms with Crippen molar-refractivity contribution in [3.05, 3.63) is 47.8 Å². The predicted molar refractivity (Wildman–Crippen MR) is 87.8 cm³/mol. The number of phenolic OH excluding ortho intramolecular Hbond substituents is 1. The van der Waals surface area contributed by atoms with Crippen molar-refractivity contribution in [3.8, 4) is 39.1 Å². The average molecular weight is 313 g/mol. The van der Waals surface area contributed by atoms with E-state index in [-0.39, 0.29) is 5.75 Å². The minimum atomic E-state index is 0.250. The molecule has 112 valence electrons. The number of aromatic hydroxyl groups is 1. The lowest BCUT2D eigenvalue weighted by Crippen LogP contribution is -1.90. The molecule has 0 aliphatic rings. The van der Waals surface area contributed by atoms with Crippen molar-refractivity contribution in [2.45, 2.75) is 0 Å². The summed E-state index contributed by atoms with van der Waals surface area (Å²) in [6, 6.07) is 12.8. The van der Waals surface area contributed by atoms with Gasteiger partial charge in [-0.1, -0.05) is 0 Å². The molecule has 0 bridgehead atoms. The van der Waals surface area contributed by atoms with E-state index in [1.807, 2.05) is 35.7 Å². The fraction of sp³-hybridized carbons (Fsp3) is 0.118. The van der Waals surface area contributed by atoms with Gasteiger partial charge in [-0.25, -0.2) is 4.98 Å². The van der Waals surface area contributed by atoms with Crippen LogP contribution in [0, 0.1) is 0 Å². The molecule has 3 aromatic rings. The first-order chi connectivity index (χ1) is 10.7. The Hall–Kier alpha value is -2.53. The van der Waals surface area contributed by atoms with Gasteiger partial charge in [-0.05, 0) is 42.5 Å². The second kappa shape index (κ2) is 6.07. The zero-order chi connectivity index (χ0) is 15.5. The van der Waals surface area contributed by atoms with Gasteiger partial charge in [-0.3, -0.25) is 0 Å². The molecule has 22 heavy (non-hydrogen) atoms. The van der Waals surface area contributed by atoms with Gasteiger partial charge in [0.05, 0.1) is 19.9 Å². The second-order valence-electron chi connectivity index (χ2n) is 4.65. The number of nitrogens with zero attached hydrogens (tertiary/aromatic N) is 1. The van der Waals surface area contributed by atoms with E-state index in [9.17, 15) is 5.11 Å². The van der Waals surface area contributed by atoms with Gasteiger partial charge in [0.1, 0.15) is 10.8 Å². The monoisotopic (exact) mass is 313 g/mol. The Morgan fingerprint density at radius 3 is 2.27 bits per heavy atom. The quantitative estimate of drug-likeness (QED) is 0.784. The highest BCUT2D eigenvalue weighted by atomic mass is 32.1. The topological polar surface area (TPSA) is 51.6 Å². The summed E-state index contributed by atoms with van der Waals surface area (Å²) in [5.41, 5.74) is 2.84. The maximum Gasteiger partial charge on any atom is 0.161 e. The van der Waals surface area contributed by atoms with Crippen LogP contribution in [0.1, 0.15) is 0 Å². The number of methoxy groups -OCH3 is 2. The molecule has 0 radical (unpaired) electrons. The van der Waals surface area contributed by atoms with Gasteiger partial charge in [-0.2, -0.15) is 0 Å². The molecule has 1 aromatic heterocycles. The van der Waals surface area contributed by atoms with Crippen LogP contribution < -0.4 is 9.47 Å². The molecule has 0 saturated heterocycles. The van der Waals surface area contributed by atoms with Crippen molar-refractivity contribution in [2.75, 3.05) is 14.2 Å². The maximum atomic E-state index is 9.35. The minimum absolute atomic E-state index is 0.250. The Labute approximate surface area is 132 Å². The molecule has 0 saturated carbocycles. The lowest BCUT2D eigenvalue weighted by molar-refractivity contribution is 0.355. The van der Waals surface area contributed by atoms with Crippen molar-refractivity contribution in [1.29, 1.82) is 0 Å². The summed E-state index contributed by atoms with van der Waals surface area (Å²) in [6.45, 7) is 0. The van der Waals surface area contributed by atoms with Crippen LogP contribution in [-0.2, 0) is 0 Å². The van der Waals surface area contributed by atoms with Gasteiger partial charge in [-0.15, -0.1) is 11.3 Å². The van der Waals surface area contributed by atoms with Crippen molar-refractivity contribution in [1.82, 2.24) is 4.98 Å². The first-order valence-electron chi connectivity index (χ1n) is 6.68. The lowest BCUT2D eigenvalue weighted by atomic mass is 10.1. The molecule has 0 aliphatic heterocycles. The molecule has 1 heterocycles. The number of aromatic nitrogens is 1. The Morgan fingerprint density at radius 1 is 0.909 bits per heavy atom. The molecule has 5 heteroatoms. The summed E-state index contributed by atoms with van der Waals surface area (Å²) in [4.78, 5) is 4.65. The number of phenols is 1. The predicted octanol–water partition coefficient (Wildman–Crippen LogP) is 4.20. The van der Waals surface area contributed by atoms with Gasteiger partial charge >= 0.3 is 0 Å². The number of ether oxygens (including phenoxy) is 2. The summed E-state index contributed by atoms with van der Waals surface area (Å²) in [6.07, 6.45) is 0. The van der Waals surface area contributed by atoms with Crippen LogP contribution in [0.4, 0.5) is 0 Å². The highest BCUT2D eigenvalue weighted by Gasteiger charge is 2.10. The Morgan fingerprint density at radius 2 is 1.59 bits per heavy atom. The molecule has 0 spiro atoms. The molecular formula is C17H15NO3S. The number of rotatable bonds is 4. The van der Waals surface area contributed by atoms with E-state index in [2.05, 4.69) is 4.98 Å². The Balaban J connectivity index is 1.95. The van der Waals surface area contributed by atoms with E-state index in [1.54, 1.807) is 37.7 Å². The molecule has 0 atom stereocenters. The molecule has 4 nitrogen and oxygen atoms in total. The summed E-state index contributed by atoms with van der Waals surface area (Å²) in [5.74, 6) is 1.62. The molecule has 0 unspecified atom stereocenters. The summed E-state index contributed by atoms with van der Waals surface area (Å²) < 4.78 is 10.6. The van der Waals surface area contributed by atoms with Gasteiger partial charge in [0.25, 0.3) is 0 Å². The van der Waals surface area contributed by atoms with Crippen molar-refractivity contribution < 1.29 is 14.6 Å². The highest BCUT2D eigenvalue weighted by molar-refractivity contribution is 7.13. The fourth-order valence-corrected chi connectivity index (χ4v) is 2.97. The highest BCUT2D eigenvalue weighted by Crippen LogP contribution is 2.34. The van der Waals surface area contributed by atoms with E-state index in [0.717, 1.165) is 21.8 Å². The van der Waals surface area contributed by atoms with E-state index < -0.39 is 0 Å². The van der Waals surface area contributed by atoms with Gasteiger partial charge < -0.3 is 14.6 Å². The standard InChI is InChI=1S/C17H15NO3S/c1-20-15-8-5-12(9-16(15)21-2)14-10-22-17(18-14)11-3-6-13(19)7-4-11/h3-10,19H,1-2H3. The van der Waals surface area contributed by atoms with E-state index in [0.29, 0.717) is 11.5 Å². The fourth-order valence-electron chi connectivity index (χ4n) is 2.14. The number of hydrogen-bond donors (Lipinski definition) is 1. The largest absolute Gasteiger partial charge is 0.508 e. The summed E-state index contributed by atoms with van der Waals surface area (Å²) in [7, 11) is 3.23.